The van der Waals surface area contributed by atoms with Crippen LogP contribution in [0.5, 0.6) is 0 Å². The molecule has 30 heavy (non-hydrogen) atoms. The summed E-state index contributed by atoms with van der Waals surface area (Å²) in [4.78, 5) is 30.1. The van der Waals surface area contributed by atoms with Crippen molar-refractivity contribution < 1.29 is 9.59 Å². The highest BCUT2D eigenvalue weighted by atomic mass is 35.5. The number of benzene rings is 3. The van der Waals surface area contributed by atoms with Crippen molar-refractivity contribution in [3.8, 4) is 0 Å². The maximum atomic E-state index is 13.6. The van der Waals surface area contributed by atoms with Crippen LogP contribution in [-0.4, -0.2) is 18.9 Å². The van der Waals surface area contributed by atoms with Gasteiger partial charge >= 0.3 is 0 Å². The molecule has 6 heteroatoms. The van der Waals surface area contributed by atoms with Crippen molar-refractivity contribution in [1.29, 1.82) is 0 Å². The molecule has 3 aromatic carbocycles. The summed E-state index contributed by atoms with van der Waals surface area (Å²) in [6, 6.07) is 21.5. The zero-order valence-electron chi connectivity index (χ0n) is 16.4. The highest BCUT2D eigenvalue weighted by Gasteiger charge is 2.42. The summed E-state index contributed by atoms with van der Waals surface area (Å²) in [5.41, 5.74) is 3.32. The summed E-state index contributed by atoms with van der Waals surface area (Å²) in [5, 5.41) is 1.10. The standard InChI is InChI=1S/C24H18Cl2N2O2/c1-15-14-18(26)12-13-20(15)28-23(29)21(16-8-10-17(25)11-9-16)22(24(28)30)27(2)19-6-4-3-5-7-19/h3-14H,1-2H3. The molecule has 1 aliphatic heterocycles. The van der Waals surface area contributed by atoms with Crippen LogP contribution in [0.1, 0.15) is 11.1 Å². The van der Waals surface area contributed by atoms with Crippen LogP contribution >= 0.6 is 23.2 Å². The fourth-order valence-corrected chi connectivity index (χ4v) is 3.93. The van der Waals surface area contributed by atoms with Crippen LogP contribution in [0.2, 0.25) is 10.0 Å². The Morgan fingerprint density at radius 3 is 2.07 bits per heavy atom. The number of likely N-dealkylation sites (N-methyl/N-ethyl adjacent to an activating group) is 1. The number of carbonyl (C=O) groups excluding carboxylic acids is 2. The maximum Gasteiger partial charge on any atom is 0.282 e. The Labute approximate surface area is 184 Å². The molecule has 4 rings (SSSR count). The first kappa shape index (κ1) is 20.2. The van der Waals surface area contributed by atoms with E-state index in [2.05, 4.69) is 0 Å². The minimum Gasteiger partial charge on any atom is -0.339 e. The monoisotopic (exact) mass is 436 g/mol. The van der Waals surface area contributed by atoms with E-state index < -0.39 is 0 Å². The highest BCUT2D eigenvalue weighted by Crippen LogP contribution is 2.37. The lowest BCUT2D eigenvalue weighted by molar-refractivity contribution is -0.120. The molecule has 0 bridgehead atoms. The molecule has 0 aromatic heterocycles. The number of imide groups is 1. The number of para-hydroxylation sites is 1. The van der Waals surface area contributed by atoms with Gasteiger partial charge in [0, 0.05) is 22.8 Å². The second-order valence-electron chi connectivity index (χ2n) is 7.00. The first-order valence-electron chi connectivity index (χ1n) is 9.32. The molecule has 0 fully saturated rings. The lowest BCUT2D eigenvalue weighted by atomic mass is 10.0. The summed E-state index contributed by atoms with van der Waals surface area (Å²) in [6.07, 6.45) is 0. The number of hydrogen-bond acceptors (Lipinski definition) is 3. The Balaban J connectivity index is 1.89. The first-order valence-corrected chi connectivity index (χ1v) is 10.1. The van der Waals surface area contributed by atoms with E-state index in [4.69, 9.17) is 23.2 Å². The lowest BCUT2D eigenvalue weighted by Crippen LogP contribution is -2.34. The number of hydrogen-bond donors (Lipinski definition) is 0. The summed E-state index contributed by atoms with van der Waals surface area (Å²) >= 11 is 12.1. The second-order valence-corrected chi connectivity index (χ2v) is 7.87. The second kappa shape index (κ2) is 7.98. The molecular formula is C24H18Cl2N2O2. The van der Waals surface area contributed by atoms with Crippen molar-refractivity contribution in [3.63, 3.8) is 0 Å². The number of carbonyl (C=O) groups is 2. The minimum absolute atomic E-state index is 0.308. The normalized spacial score (nSPS) is 13.9. The van der Waals surface area contributed by atoms with Gasteiger partial charge in [0.1, 0.15) is 5.70 Å². The van der Waals surface area contributed by atoms with Gasteiger partial charge in [-0.05, 0) is 60.5 Å². The molecule has 0 spiro atoms. The van der Waals surface area contributed by atoms with Crippen LogP contribution < -0.4 is 9.80 Å². The topological polar surface area (TPSA) is 40.6 Å². The Bertz CT molecular complexity index is 1170. The number of aryl methyl sites for hydroxylation is 1. The zero-order valence-corrected chi connectivity index (χ0v) is 17.9. The Kier molecular flexibility index (Phi) is 5.37. The quantitative estimate of drug-likeness (QED) is 0.490. The van der Waals surface area contributed by atoms with Crippen LogP contribution in [0.4, 0.5) is 11.4 Å². The molecule has 0 radical (unpaired) electrons. The predicted molar refractivity (Wildman–Crippen MR) is 122 cm³/mol. The van der Waals surface area contributed by atoms with Crippen molar-refractivity contribution in [2.45, 2.75) is 6.92 Å². The Morgan fingerprint density at radius 2 is 1.43 bits per heavy atom. The van der Waals surface area contributed by atoms with Crippen molar-refractivity contribution in [2.75, 3.05) is 16.8 Å². The van der Waals surface area contributed by atoms with Gasteiger partial charge in [0.15, 0.2) is 0 Å². The van der Waals surface area contributed by atoms with Crippen molar-refractivity contribution in [2.24, 2.45) is 0 Å². The largest absolute Gasteiger partial charge is 0.339 e. The molecule has 0 saturated carbocycles. The van der Waals surface area contributed by atoms with Gasteiger partial charge in [-0.25, -0.2) is 4.90 Å². The SMILES string of the molecule is Cc1cc(Cl)ccc1N1C(=O)C(c2ccc(Cl)cc2)=C(N(C)c2ccccc2)C1=O. The van der Waals surface area contributed by atoms with Crippen LogP contribution in [0.15, 0.2) is 78.5 Å². The molecule has 0 aliphatic carbocycles. The number of amides is 2. The van der Waals surface area contributed by atoms with Crippen molar-refractivity contribution in [1.82, 2.24) is 0 Å². The molecular weight excluding hydrogens is 419 g/mol. The molecule has 1 aliphatic rings. The van der Waals surface area contributed by atoms with E-state index in [-0.39, 0.29) is 11.8 Å². The van der Waals surface area contributed by atoms with Gasteiger partial charge in [-0.1, -0.05) is 53.5 Å². The smallest absolute Gasteiger partial charge is 0.282 e. The van der Waals surface area contributed by atoms with E-state index >= 15 is 0 Å². The molecule has 2 amide bonds. The summed E-state index contributed by atoms with van der Waals surface area (Å²) in [7, 11) is 1.78. The Hall–Kier alpha value is -3.08. The predicted octanol–water partition coefficient (Wildman–Crippen LogP) is 5.72. The first-order chi connectivity index (χ1) is 14.4. The van der Waals surface area contributed by atoms with Gasteiger partial charge in [-0.3, -0.25) is 9.59 Å². The molecule has 1 heterocycles. The highest BCUT2D eigenvalue weighted by molar-refractivity contribution is 6.46. The van der Waals surface area contributed by atoms with Gasteiger partial charge in [0.25, 0.3) is 11.8 Å². The Morgan fingerprint density at radius 1 is 0.800 bits per heavy atom. The van der Waals surface area contributed by atoms with E-state index in [1.807, 2.05) is 37.3 Å². The van der Waals surface area contributed by atoms with E-state index in [1.165, 1.54) is 4.90 Å². The maximum absolute atomic E-state index is 13.6. The molecule has 4 nitrogen and oxygen atoms in total. The summed E-state index contributed by atoms with van der Waals surface area (Å²) < 4.78 is 0. The van der Waals surface area contributed by atoms with Gasteiger partial charge in [-0.2, -0.15) is 0 Å². The molecule has 0 N–H and O–H groups in total. The third-order valence-corrected chi connectivity index (χ3v) is 5.56. The average Bonchev–Trinajstić information content (AvgIpc) is 2.99. The van der Waals surface area contributed by atoms with Gasteiger partial charge in [0.2, 0.25) is 0 Å². The number of halogens is 2. The number of rotatable bonds is 4. The third-order valence-electron chi connectivity index (χ3n) is 5.07. The van der Waals surface area contributed by atoms with E-state index in [1.54, 1.807) is 54.4 Å². The lowest BCUT2D eigenvalue weighted by Gasteiger charge is -2.22. The van der Waals surface area contributed by atoms with Crippen LogP contribution in [0, 0.1) is 6.92 Å². The molecule has 3 aromatic rings. The minimum atomic E-state index is -0.387. The fraction of sp³-hybridized carbons (Fsp3) is 0.0833. The molecule has 0 saturated heterocycles. The van der Waals surface area contributed by atoms with Crippen molar-refractivity contribution in [3.05, 3.63) is 99.7 Å². The van der Waals surface area contributed by atoms with E-state index in [0.29, 0.717) is 32.6 Å². The number of nitrogens with zero attached hydrogens (tertiary/aromatic N) is 2. The number of anilines is 2. The van der Waals surface area contributed by atoms with Crippen LogP contribution in [0.25, 0.3) is 5.57 Å². The third kappa shape index (κ3) is 3.49. The van der Waals surface area contributed by atoms with Crippen LogP contribution in [-0.2, 0) is 9.59 Å². The summed E-state index contributed by atoms with van der Waals surface area (Å²) in [6.45, 7) is 1.82. The average molecular weight is 437 g/mol. The molecule has 0 unspecified atom stereocenters. The van der Waals surface area contributed by atoms with Gasteiger partial charge in [0.05, 0.1) is 11.3 Å². The van der Waals surface area contributed by atoms with Crippen LogP contribution in [0.3, 0.4) is 0 Å². The molecule has 150 valence electrons. The van der Waals surface area contributed by atoms with E-state index in [0.717, 1.165) is 11.3 Å². The van der Waals surface area contributed by atoms with Gasteiger partial charge < -0.3 is 4.90 Å². The zero-order chi connectivity index (χ0) is 21.4. The molecule has 0 atom stereocenters. The fourth-order valence-electron chi connectivity index (χ4n) is 3.58. The van der Waals surface area contributed by atoms with Crippen molar-refractivity contribution >= 4 is 52.0 Å². The summed E-state index contributed by atoms with van der Waals surface area (Å²) in [5.74, 6) is -0.771. The van der Waals surface area contributed by atoms with Gasteiger partial charge in [-0.15, -0.1) is 0 Å². The van der Waals surface area contributed by atoms with E-state index in [9.17, 15) is 9.59 Å².